The first kappa shape index (κ1) is 16.7. The summed E-state index contributed by atoms with van der Waals surface area (Å²) in [5, 5.41) is 14.8. The molecule has 5 nitrogen and oxygen atoms in total. The maximum atomic E-state index is 9.41. The van der Waals surface area contributed by atoms with Crippen molar-refractivity contribution in [3.63, 3.8) is 0 Å². The van der Waals surface area contributed by atoms with Gasteiger partial charge in [-0.25, -0.2) is 0 Å². The molecule has 1 saturated heterocycles. The van der Waals surface area contributed by atoms with Crippen LogP contribution in [0.5, 0.6) is 0 Å². The Bertz CT molecular complexity index is 488. The fraction of sp³-hybridized carbons (Fsp3) is 0.800. The van der Waals surface area contributed by atoms with Crippen molar-refractivity contribution in [2.45, 2.75) is 58.9 Å². The Kier molecular flexibility index (Phi) is 5.30. The lowest BCUT2D eigenvalue weighted by Gasteiger charge is -2.42. The molecule has 0 amide bonds. The number of aliphatic hydroxyl groups is 1. The third-order valence-electron chi connectivity index (χ3n) is 3.82. The summed E-state index contributed by atoms with van der Waals surface area (Å²) in [6.07, 6.45) is 0.698. The first-order chi connectivity index (χ1) is 9.90. The van der Waals surface area contributed by atoms with Crippen LogP contribution in [0.2, 0.25) is 5.02 Å². The van der Waals surface area contributed by atoms with E-state index in [0.29, 0.717) is 6.54 Å². The molecule has 0 bridgehead atoms. The van der Waals surface area contributed by atoms with Crippen molar-refractivity contribution in [2.24, 2.45) is 0 Å². The van der Waals surface area contributed by atoms with Crippen LogP contribution < -0.4 is 0 Å². The van der Waals surface area contributed by atoms with Crippen molar-refractivity contribution in [3.8, 4) is 0 Å². The SMILES string of the molecule is CCc1nn(CC)c(CN2CC(CO)OC(C)(C)C2)c1Cl. The Hall–Kier alpha value is -0.620. The number of hydrogen-bond acceptors (Lipinski definition) is 4. The molecule has 1 aromatic heterocycles. The molecule has 120 valence electrons. The van der Waals surface area contributed by atoms with E-state index in [0.717, 1.165) is 42.5 Å². The van der Waals surface area contributed by atoms with Gasteiger partial charge in [0.1, 0.15) is 0 Å². The van der Waals surface area contributed by atoms with E-state index in [1.165, 1.54) is 0 Å². The number of aliphatic hydroxyl groups excluding tert-OH is 1. The van der Waals surface area contributed by atoms with Gasteiger partial charge in [-0.05, 0) is 27.2 Å². The molecular formula is C15H26ClN3O2. The summed E-state index contributed by atoms with van der Waals surface area (Å²) < 4.78 is 7.84. The smallest absolute Gasteiger partial charge is 0.0940 e. The Morgan fingerprint density at radius 1 is 1.43 bits per heavy atom. The average molecular weight is 316 g/mol. The number of nitrogens with zero attached hydrogens (tertiary/aromatic N) is 3. The third kappa shape index (κ3) is 3.77. The van der Waals surface area contributed by atoms with Gasteiger partial charge in [0, 0.05) is 26.2 Å². The Balaban J connectivity index is 2.19. The molecule has 1 unspecified atom stereocenters. The van der Waals surface area contributed by atoms with Gasteiger partial charge in [-0.3, -0.25) is 9.58 Å². The monoisotopic (exact) mass is 315 g/mol. The molecular weight excluding hydrogens is 290 g/mol. The van der Waals surface area contributed by atoms with Gasteiger partial charge in [0.15, 0.2) is 0 Å². The number of aromatic nitrogens is 2. The number of hydrogen-bond donors (Lipinski definition) is 1. The molecule has 0 saturated carbocycles. The molecule has 2 heterocycles. The molecule has 0 aromatic carbocycles. The Morgan fingerprint density at radius 2 is 2.14 bits per heavy atom. The molecule has 0 radical (unpaired) electrons. The van der Waals surface area contributed by atoms with E-state index < -0.39 is 0 Å². The van der Waals surface area contributed by atoms with E-state index in [9.17, 15) is 5.11 Å². The van der Waals surface area contributed by atoms with E-state index in [1.807, 2.05) is 4.68 Å². The lowest BCUT2D eigenvalue weighted by atomic mass is 10.1. The summed E-state index contributed by atoms with van der Waals surface area (Å²) in [5.41, 5.74) is 1.76. The van der Waals surface area contributed by atoms with Gasteiger partial charge < -0.3 is 9.84 Å². The van der Waals surface area contributed by atoms with Gasteiger partial charge in [-0.1, -0.05) is 18.5 Å². The maximum absolute atomic E-state index is 9.41. The zero-order valence-electron chi connectivity index (χ0n) is 13.4. The van der Waals surface area contributed by atoms with Crippen molar-refractivity contribution < 1.29 is 9.84 Å². The second kappa shape index (κ2) is 6.65. The summed E-state index contributed by atoms with van der Waals surface area (Å²) >= 11 is 6.48. The van der Waals surface area contributed by atoms with E-state index >= 15 is 0 Å². The number of halogens is 1. The van der Waals surface area contributed by atoms with Crippen molar-refractivity contribution in [2.75, 3.05) is 19.7 Å². The van der Waals surface area contributed by atoms with Crippen molar-refractivity contribution >= 4 is 11.6 Å². The zero-order valence-corrected chi connectivity index (χ0v) is 14.2. The normalized spacial score (nSPS) is 22.7. The van der Waals surface area contributed by atoms with Crippen LogP contribution in [0, 0.1) is 0 Å². The Morgan fingerprint density at radius 3 is 2.71 bits per heavy atom. The summed E-state index contributed by atoms with van der Waals surface area (Å²) in [7, 11) is 0. The molecule has 21 heavy (non-hydrogen) atoms. The van der Waals surface area contributed by atoms with E-state index in [1.54, 1.807) is 0 Å². The van der Waals surface area contributed by atoms with Crippen LogP contribution in [0.1, 0.15) is 39.1 Å². The maximum Gasteiger partial charge on any atom is 0.0940 e. The van der Waals surface area contributed by atoms with Crippen LogP contribution >= 0.6 is 11.6 Å². The van der Waals surface area contributed by atoms with Gasteiger partial charge in [0.05, 0.1) is 34.7 Å². The minimum Gasteiger partial charge on any atom is -0.394 e. The fourth-order valence-electron chi connectivity index (χ4n) is 3.01. The summed E-state index contributed by atoms with van der Waals surface area (Å²) in [5.74, 6) is 0. The van der Waals surface area contributed by atoms with E-state index in [-0.39, 0.29) is 18.3 Å². The standard InChI is InChI=1S/C15H26ClN3O2/c1-5-12-14(16)13(19(6-2)17-12)8-18-7-11(9-20)21-15(3,4)10-18/h11,20H,5-10H2,1-4H3. The molecule has 1 N–H and O–H groups in total. The number of rotatable bonds is 5. The molecule has 1 aliphatic rings. The minimum absolute atomic E-state index is 0.0426. The predicted octanol–water partition coefficient (Wildman–Crippen LogP) is 2.09. The van der Waals surface area contributed by atoms with E-state index in [4.69, 9.17) is 16.3 Å². The quantitative estimate of drug-likeness (QED) is 0.904. The van der Waals surface area contributed by atoms with Crippen LogP contribution in [0.25, 0.3) is 0 Å². The highest BCUT2D eigenvalue weighted by molar-refractivity contribution is 6.31. The lowest BCUT2D eigenvalue weighted by Crippen LogP contribution is -2.53. The molecule has 0 aliphatic carbocycles. The molecule has 1 aliphatic heterocycles. The van der Waals surface area contributed by atoms with Gasteiger partial charge in [0.25, 0.3) is 0 Å². The zero-order chi connectivity index (χ0) is 15.6. The molecule has 1 aromatic rings. The average Bonchev–Trinajstić information content (AvgIpc) is 2.73. The van der Waals surface area contributed by atoms with Crippen molar-refractivity contribution in [1.29, 1.82) is 0 Å². The predicted molar refractivity (Wildman–Crippen MR) is 83.6 cm³/mol. The van der Waals surface area contributed by atoms with Crippen LogP contribution in [0.3, 0.4) is 0 Å². The summed E-state index contributed by atoms with van der Waals surface area (Å²) in [6, 6.07) is 0. The molecule has 2 rings (SSSR count). The van der Waals surface area contributed by atoms with Crippen LogP contribution in [0.4, 0.5) is 0 Å². The van der Waals surface area contributed by atoms with Crippen LogP contribution in [-0.2, 0) is 24.2 Å². The largest absolute Gasteiger partial charge is 0.394 e. The highest BCUT2D eigenvalue weighted by atomic mass is 35.5. The van der Waals surface area contributed by atoms with E-state index in [2.05, 4.69) is 37.7 Å². The first-order valence-electron chi connectivity index (χ1n) is 7.65. The second-order valence-corrected chi connectivity index (χ2v) is 6.61. The lowest BCUT2D eigenvalue weighted by molar-refractivity contribution is -0.151. The molecule has 6 heteroatoms. The number of morpholine rings is 1. The Labute approximate surface area is 131 Å². The van der Waals surface area contributed by atoms with Crippen molar-refractivity contribution in [1.82, 2.24) is 14.7 Å². The minimum atomic E-state index is -0.261. The second-order valence-electron chi connectivity index (χ2n) is 6.23. The number of aryl methyl sites for hydroxylation is 2. The van der Waals surface area contributed by atoms with Gasteiger partial charge >= 0.3 is 0 Å². The van der Waals surface area contributed by atoms with Gasteiger partial charge in [0.2, 0.25) is 0 Å². The first-order valence-corrected chi connectivity index (χ1v) is 8.03. The topological polar surface area (TPSA) is 50.5 Å². The highest BCUT2D eigenvalue weighted by Crippen LogP contribution is 2.27. The number of ether oxygens (including phenoxy) is 1. The van der Waals surface area contributed by atoms with Crippen LogP contribution in [0.15, 0.2) is 0 Å². The highest BCUT2D eigenvalue weighted by Gasteiger charge is 2.33. The van der Waals surface area contributed by atoms with Gasteiger partial charge in [-0.2, -0.15) is 5.10 Å². The molecule has 1 fully saturated rings. The van der Waals surface area contributed by atoms with Crippen LogP contribution in [-0.4, -0.2) is 51.2 Å². The van der Waals surface area contributed by atoms with Crippen molar-refractivity contribution in [3.05, 3.63) is 16.4 Å². The van der Waals surface area contributed by atoms with Gasteiger partial charge in [-0.15, -0.1) is 0 Å². The molecule has 0 spiro atoms. The molecule has 1 atom stereocenters. The third-order valence-corrected chi connectivity index (χ3v) is 4.26. The fourth-order valence-corrected chi connectivity index (χ4v) is 3.34. The summed E-state index contributed by atoms with van der Waals surface area (Å²) in [4.78, 5) is 2.29. The summed E-state index contributed by atoms with van der Waals surface area (Å²) in [6.45, 7) is 11.4.